The third-order valence-electron chi connectivity index (χ3n) is 4.77. The maximum atomic E-state index is 12.6. The lowest BCUT2D eigenvalue weighted by Crippen LogP contribution is -2.50. The standard InChI is InChI=1S/C20H22N4O4S/c25-18(15-24-20(26)28-19(21-24)17-7-4-14-29-17)23-10-8-22(9-11-23)12-13-27-16-5-2-1-3-6-16/h1-7,14H,8-13,15H2. The number of benzene rings is 1. The molecule has 29 heavy (non-hydrogen) atoms. The largest absolute Gasteiger partial charge is 0.492 e. The molecule has 0 unspecified atom stereocenters. The molecule has 3 aromatic rings. The number of carbonyl (C=O) groups is 1. The summed E-state index contributed by atoms with van der Waals surface area (Å²) in [6.45, 7) is 4.10. The number of rotatable bonds is 7. The quantitative estimate of drug-likeness (QED) is 0.586. The van der Waals surface area contributed by atoms with Gasteiger partial charge >= 0.3 is 5.76 Å². The number of ether oxygens (including phenoxy) is 1. The van der Waals surface area contributed by atoms with Crippen LogP contribution < -0.4 is 10.5 Å². The van der Waals surface area contributed by atoms with Crippen molar-refractivity contribution in [1.82, 2.24) is 19.6 Å². The molecule has 1 aliphatic rings. The Balaban J connectivity index is 1.24. The average molecular weight is 414 g/mol. The van der Waals surface area contributed by atoms with Crippen molar-refractivity contribution in [2.45, 2.75) is 6.54 Å². The third kappa shape index (κ3) is 4.93. The summed E-state index contributed by atoms with van der Waals surface area (Å²) >= 11 is 1.43. The van der Waals surface area contributed by atoms with Gasteiger partial charge in [-0.2, -0.15) is 4.68 Å². The normalized spacial score (nSPS) is 14.8. The van der Waals surface area contributed by atoms with Gasteiger partial charge in [0.2, 0.25) is 5.91 Å². The van der Waals surface area contributed by atoms with Crippen LogP contribution in [0.1, 0.15) is 0 Å². The van der Waals surface area contributed by atoms with Crippen LogP contribution in [0.2, 0.25) is 0 Å². The Kier molecular flexibility index (Phi) is 6.06. The average Bonchev–Trinajstić information content (AvgIpc) is 3.40. The first kappa shape index (κ1) is 19.4. The minimum atomic E-state index is -0.613. The topological polar surface area (TPSA) is 80.8 Å². The molecular weight excluding hydrogens is 392 g/mol. The van der Waals surface area contributed by atoms with Crippen molar-refractivity contribution >= 4 is 17.2 Å². The van der Waals surface area contributed by atoms with E-state index in [-0.39, 0.29) is 18.3 Å². The number of para-hydroxylation sites is 1. The summed E-state index contributed by atoms with van der Waals surface area (Å²) in [6, 6.07) is 13.4. The van der Waals surface area contributed by atoms with E-state index in [0.717, 1.165) is 34.9 Å². The maximum absolute atomic E-state index is 12.6. The summed E-state index contributed by atoms with van der Waals surface area (Å²) < 4.78 is 12.0. The highest BCUT2D eigenvalue weighted by atomic mass is 32.1. The lowest BCUT2D eigenvalue weighted by Gasteiger charge is -2.34. The van der Waals surface area contributed by atoms with E-state index in [1.165, 1.54) is 11.3 Å². The van der Waals surface area contributed by atoms with Crippen LogP contribution in [0.4, 0.5) is 0 Å². The molecule has 8 nitrogen and oxygen atoms in total. The van der Waals surface area contributed by atoms with E-state index in [1.54, 1.807) is 4.90 Å². The summed E-state index contributed by atoms with van der Waals surface area (Å²) in [4.78, 5) is 29.3. The Labute approximate surface area is 171 Å². The molecule has 1 saturated heterocycles. The zero-order valence-electron chi connectivity index (χ0n) is 15.9. The van der Waals surface area contributed by atoms with Gasteiger partial charge < -0.3 is 14.1 Å². The molecule has 1 amide bonds. The lowest BCUT2D eigenvalue weighted by molar-refractivity contribution is -0.133. The van der Waals surface area contributed by atoms with Crippen molar-refractivity contribution in [3.8, 4) is 16.5 Å². The number of aromatic nitrogens is 2. The number of hydrogen-bond donors (Lipinski definition) is 0. The molecule has 4 rings (SSSR count). The van der Waals surface area contributed by atoms with Gasteiger partial charge in [-0.15, -0.1) is 16.4 Å². The van der Waals surface area contributed by atoms with E-state index in [1.807, 2.05) is 47.8 Å². The Morgan fingerprint density at radius 2 is 1.90 bits per heavy atom. The Hall–Kier alpha value is -2.91. The fraction of sp³-hybridized carbons (Fsp3) is 0.350. The predicted molar refractivity (Wildman–Crippen MR) is 109 cm³/mol. The van der Waals surface area contributed by atoms with Gasteiger partial charge in [-0.05, 0) is 23.6 Å². The summed E-state index contributed by atoms with van der Waals surface area (Å²) in [5, 5.41) is 6.02. The lowest BCUT2D eigenvalue weighted by atomic mass is 10.3. The first-order chi connectivity index (χ1) is 14.2. The monoisotopic (exact) mass is 414 g/mol. The fourth-order valence-electron chi connectivity index (χ4n) is 3.16. The zero-order chi connectivity index (χ0) is 20.1. The second-order valence-corrected chi connectivity index (χ2v) is 7.64. The van der Waals surface area contributed by atoms with Gasteiger partial charge in [0.1, 0.15) is 18.9 Å². The van der Waals surface area contributed by atoms with Crippen LogP contribution in [-0.4, -0.2) is 64.8 Å². The van der Waals surface area contributed by atoms with Crippen LogP contribution in [0.15, 0.2) is 57.1 Å². The fourth-order valence-corrected chi connectivity index (χ4v) is 3.81. The van der Waals surface area contributed by atoms with Crippen LogP contribution in [0.5, 0.6) is 5.75 Å². The SMILES string of the molecule is O=C(Cn1nc(-c2cccs2)oc1=O)N1CCN(CCOc2ccccc2)CC1. The summed E-state index contributed by atoms with van der Waals surface area (Å²) in [5.41, 5.74) is 0. The van der Waals surface area contributed by atoms with Gasteiger partial charge in [-0.3, -0.25) is 9.69 Å². The Morgan fingerprint density at radius 1 is 1.10 bits per heavy atom. The van der Waals surface area contributed by atoms with Gasteiger partial charge in [0.15, 0.2) is 0 Å². The van der Waals surface area contributed by atoms with Crippen LogP contribution >= 0.6 is 11.3 Å². The number of nitrogens with zero attached hydrogens (tertiary/aromatic N) is 4. The molecule has 2 aromatic heterocycles. The van der Waals surface area contributed by atoms with Crippen molar-refractivity contribution in [3.05, 3.63) is 58.4 Å². The minimum Gasteiger partial charge on any atom is -0.492 e. The van der Waals surface area contributed by atoms with Gasteiger partial charge in [-0.25, -0.2) is 4.79 Å². The highest BCUT2D eigenvalue weighted by Gasteiger charge is 2.23. The molecule has 0 N–H and O–H groups in total. The third-order valence-corrected chi connectivity index (χ3v) is 5.63. The van der Waals surface area contributed by atoms with E-state index in [9.17, 15) is 9.59 Å². The second-order valence-electron chi connectivity index (χ2n) is 6.69. The van der Waals surface area contributed by atoms with Gasteiger partial charge in [-0.1, -0.05) is 24.3 Å². The molecule has 0 bridgehead atoms. The molecule has 1 aliphatic heterocycles. The minimum absolute atomic E-state index is 0.106. The number of hydrogen-bond acceptors (Lipinski definition) is 7. The van der Waals surface area contributed by atoms with Crippen LogP contribution in [0, 0.1) is 0 Å². The molecule has 9 heteroatoms. The van der Waals surface area contributed by atoms with Crippen molar-refractivity contribution < 1.29 is 13.9 Å². The highest BCUT2D eigenvalue weighted by Crippen LogP contribution is 2.21. The molecule has 3 heterocycles. The Bertz CT molecular complexity index is 976. The predicted octanol–water partition coefficient (Wildman–Crippen LogP) is 1.79. The van der Waals surface area contributed by atoms with Crippen molar-refractivity contribution in [2.75, 3.05) is 39.3 Å². The summed E-state index contributed by atoms with van der Waals surface area (Å²) in [6.07, 6.45) is 0. The maximum Gasteiger partial charge on any atom is 0.437 e. The van der Waals surface area contributed by atoms with E-state index in [4.69, 9.17) is 9.15 Å². The van der Waals surface area contributed by atoms with Crippen LogP contribution in [-0.2, 0) is 11.3 Å². The summed E-state index contributed by atoms with van der Waals surface area (Å²) in [7, 11) is 0. The molecule has 0 saturated carbocycles. The number of piperazine rings is 1. The van der Waals surface area contributed by atoms with Crippen molar-refractivity contribution in [3.63, 3.8) is 0 Å². The van der Waals surface area contributed by atoms with Crippen molar-refractivity contribution in [2.24, 2.45) is 0 Å². The number of amides is 1. The number of carbonyl (C=O) groups excluding carboxylic acids is 1. The highest BCUT2D eigenvalue weighted by molar-refractivity contribution is 7.13. The molecule has 0 radical (unpaired) electrons. The molecule has 0 aliphatic carbocycles. The molecule has 0 spiro atoms. The molecule has 152 valence electrons. The Morgan fingerprint density at radius 3 is 2.62 bits per heavy atom. The smallest absolute Gasteiger partial charge is 0.437 e. The number of thiophene rings is 1. The van der Waals surface area contributed by atoms with E-state index >= 15 is 0 Å². The van der Waals surface area contributed by atoms with Crippen LogP contribution in [0.3, 0.4) is 0 Å². The van der Waals surface area contributed by atoms with Gasteiger partial charge in [0.25, 0.3) is 5.89 Å². The molecule has 0 atom stereocenters. The summed E-state index contributed by atoms with van der Waals surface area (Å²) in [5.74, 6) is 0.374. The first-order valence-corrected chi connectivity index (χ1v) is 10.4. The second kappa shape index (κ2) is 9.06. The van der Waals surface area contributed by atoms with Crippen molar-refractivity contribution in [1.29, 1.82) is 0 Å². The molecule has 1 aromatic carbocycles. The van der Waals surface area contributed by atoms with Gasteiger partial charge in [0.05, 0.1) is 4.88 Å². The molecular formula is C20H22N4O4S. The van der Waals surface area contributed by atoms with Gasteiger partial charge in [0, 0.05) is 32.7 Å². The first-order valence-electron chi connectivity index (χ1n) is 9.49. The van der Waals surface area contributed by atoms with E-state index in [0.29, 0.717) is 19.7 Å². The molecule has 1 fully saturated rings. The van der Waals surface area contributed by atoms with E-state index < -0.39 is 5.76 Å². The van der Waals surface area contributed by atoms with Crippen LogP contribution in [0.25, 0.3) is 10.8 Å². The zero-order valence-corrected chi connectivity index (χ0v) is 16.7. The van der Waals surface area contributed by atoms with E-state index in [2.05, 4.69) is 10.00 Å².